The van der Waals surface area contributed by atoms with E-state index in [2.05, 4.69) is 38.2 Å². The first-order valence-corrected chi connectivity index (χ1v) is 6.57. The zero-order valence-corrected chi connectivity index (χ0v) is 11.1. The zero-order chi connectivity index (χ0) is 12.4. The number of benzene rings is 1. The third-order valence-electron chi connectivity index (χ3n) is 3.50. The van der Waals surface area contributed by atoms with E-state index in [-0.39, 0.29) is 6.10 Å². The number of aliphatic hydroxyl groups excluding tert-OH is 1. The van der Waals surface area contributed by atoms with Gasteiger partial charge in [0.2, 0.25) is 0 Å². The van der Waals surface area contributed by atoms with Crippen LogP contribution in [-0.4, -0.2) is 17.7 Å². The smallest absolute Gasteiger partial charge is 0.0807 e. The summed E-state index contributed by atoms with van der Waals surface area (Å²) in [4.78, 5) is 0. The molecule has 1 aliphatic carbocycles. The molecule has 1 aliphatic rings. The molecule has 1 aromatic rings. The van der Waals surface area contributed by atoms with Gasteiger partial charge in [0.05, 0.1) is 6.10 Å². The van der Waals surface area contributed by atoms with Gasteiger partial charge in [0.15, 0.2) is 0 Å². The fourth-order valence-corrected chi connectivity index (χ4v) is 2.57. The van der Waals surface area contributed by atoms with Crippen molar-refractivity contribution in [3.05, 3.63) is 34.4 Å². The second-order valence-corrected chi connectivity index (χ2v) is 5.35. The number of hydrogen-bond acceptors (Lipinski definition) is 2. The number of aryl methyl sites for hydroxylation is 3. The lowest BCUT2D eigenvalue weighted by molar-refractivity contribution is 0.165. The summed E-state index contributed by atoms with van der Waals surface area (Å²) in [6.07, 6.45) is 3.08. The molecule has 1 fully saturated rings. The van der Waals surface area contributed by atoms with Gasteiger partial charge in [0.1, 0.15) is 0 Å². The molecular formula is C15H23NO. The third kappa shape index (κ3) is 3.30. The Morgan fingerprint density at radius 1 is 1.24 bits per heavy atom. The lowest BCUT2D eigenvalue weighted by Gasteiger charge is -2.17. The van der Waals surface area contributed by atoms with Gasteiger partial charge in [-0.05, 0) is 63.3 Å². The van der Waals surface area contributed by atoms with E-state index >= 15 is 0 Å². The summed E-state index contributed by atoms with van der Waals surface area (Å²) < 4.78 is 0. The molecule has 1 saturated carbocycles. The van der Waals surface area contributed by atoms with Crippen LogP contribution < -0.4 is 5.32 Å². The quantitative estimate of drug-likeness (QED) is 0.819. The van der Waals surface area contributed by atoms with Gasteiger partial charge < -0.3 is 10.4 Å². The second-order valence-electron chi connectivity index (χ2n) is 5.35. The van der Waals surface area contributed by atoms with Crippen LogP contribution in [-0.2, 0) is 0 Å². The van der Waals surface area contributed by atoms with Crippen LogP contribution in [0.2, 0.25) is 0 Å². The predicted octanol–water partition coefficient (Wildman–Crippen LogP) is 2.79. The Hall–Kier alpha value is -0.860. The maximum absolute atomic E-state index is 10.3. The van der Waals surface area contributed by atoms with Gasteiger partial charge in [-0.15, -0.1) is 0 Å². The van der Waals surface area contributed by atoms with E-state index in [9.17, 15) is 5.11 Å². The topological polar surface area (TPSA) is 32.3 Å². The molecule has 2 N–H and O–H groups in total. The van der Waals surface area contributed by atoms with E-state index in [0.29, 0.717) is 0 Å². The minimum absolute atomic E-state index is 0.332. The standard InChI is InChI=1S/C15H23NO/c1-10-8-11(2)15(12(3)9-10)14(17)6-7-16-13-4-5-13/h8-9,13-14,16-17H,4-7H2,1-3H3. The van der Waals surface area contributed by atoms with Crippen LogP contribution in [0, 0.1) is 20.8 Å². The van der Waals surface area contributed by atoms with Gasteiger partial charge in [-0.25, -0.2) is 0 Å². The van der Waals surface area contributed by atoms with E-state index in [4.69, 9.17) is 0 Å². The minimum Gasteiger partial charge on any atom is -0.388 e. The van der Waals surface area contributed by atoms with Crippen LogP contribution in [0.1, 0.15) is 47.6 Å². The highest BCUT2D eigenvalue weighted by Crippen LogP contribution is 2.26. The van der Waals surface area contributed by atoms with Crippen LogP contribution in [0.4, 0.5) is 0 Å². The van der Waals surface area contributed by atoms with Crippen LogP contribution in [0.25, 0.3) is 0 Å². The average molecular weight is 233 g/mol. The Bertz CT molecular complexity index is 373. The Kier molecular flexibility index (Phi) is 3.85. The van der Waals surface area contributed by atoms with Crippen molar-refractivity contribution in [3.8, 4) is 0 Å². The Labute approximate surface area is 104 Å². The van der Waals surface area contributed by atoms with Crippen LogP contribution in [0.3, 0.4) is 0 Å². The highest BCUT2D eigenvalue weighted by molar-refractivity contribution is 5.38. The first-order valence-electron chi connectivity index (χ1n) is 6.57. The molecule has 1 atom stereocenters. The first kappa shape index (κ1) is 12.6. The number of rotatable bonds is 5. The largest absolute Gasteiger partial charge is 0.388 e. The normalized spacial score (nSPS) is 17.2. The van der Waals surface area contributed by atoms with Crippen molar-refractivity contribution in [2.75, 3.05) is 6.54 Å². The summed E-state index contributed by atoms with van der Waals surface area (Å²) in [6.45, 7) is 7.20. The number of hydrogen-bond donors (Lipinski definition) is 2. The molecule has 94 valence electrons. The third-order valence-corrected chi connectivity index (χ3v) is 3.50. The van der Waals surface area contributed by atoms with E-state index in [1.807, 2.05) is 0 Å². The highest BCUT2D eigenvalue weighted by atomic mass is 16.3. The molecule has 1 aromatic carbocycles. The number of aliphatic hydroxyl groups is 1. The molecule has 2 heteroatoms. The molecule has 2 nitrogen and oxygen atoms in total. The lowest BCUT2D eigenvalue weighted by Crippen LogP contribution is -2.20. The molecule has 0 spiro atoms. The van der Waals surface area contributed by atoms with Crippen LogP contribution in [0.15, 0.2) is 12.1 Å². The van der Waals surface area contributed by atoms with Crippen molar-refractivity contribution < 1.29 is 5.11 Å². The molecule has 1 unspecified atom stereocenters. The molecule has 0 heterocycles. The van der Waals surface area contributed by atoms with E-state index in [1.165, 1.54) is 29.5 Å². The SMILES string of the molecule is Cc1cc(C)c(C(O)CCNC2CC2)c(C)c1. The van der Waals surface area contributed by atoms with Crippen molar-refractivity contribution >= 4 is 0 Å². The molecule has 0 amide bonds. The fraction of sp³-hybridized carbons (Fsp3) is 0.600. The second kappa shape index (κ2) is 5.19. The summed E-state index contributed by atoms with van der Waals surface area (Å²) in [5.41, 5.74) is 4.81. The zero-order valence-electron chi connectivity index (χ0n) is 11.1. The van der Waals surface area contributed by atoms with Crippen molar-refractivity contribution in [2.45, 2.75) is 52.2 Å². The summed E-state index contributed by atoms with van der Waals surface area (Å²) in [5, 5.41) is 13.7. The van der Waals surface area contributed by atoms with Crippen molar-refractivity contribution in [1.29, 1.82) is 0 Å². The van der Waals surface area contributed by atoms with Crippen LogP contribution in [0.5, 0.6) is 0 Å². The number of nitrogens with one attached hydrogen (secondary N) is 1. The van der Waals surface area contributed by atoms with Gasteiger partial charge >= 0.3 is 0 Å². The average Bonchev–Trinajstić information content (AvgIpc) is 2.99. The molecule has 0 bridgehead atoms. The van der Waals surface area contributed by atoms with Crippen molar-refractivity contribution in [2.24, 2.45) is 0 Å². The summed E-state index contributed by atoms with van der Waals surface area (Å²) in [6, 6.07) is 5.03. The molecule has 2 rings (SSSR count). The Balaban J connectivity index is 1.99. The maximum Gasteiger partial charge on any atom is 0.0807 e. The Morgan fingerprint density at radius 2 is 1.82 bits per heavy atom. The van der Waals surface area contributed by atoms with Gasteiger partial charge in [0, 0.05) is 6.04 Å². The van der Waals surface area contributed by atoms with Crippen molar-refractivity contribution in [1.82, 2.24) is 5.32 Å². The van der Waals surface area contributed by atoms with Gasteiger partial charge in [-0.1, -0.05) is 17.7 Å². The summed E-state index contributed by atoms with van der Waals surface area (Å²) in [5.74, 6) is 0. The molecule has 0 aromatic heterocycles. The molecular weight excluding hydrogens is 210 g/mol. The van der Waals surface area contributed by atoms with E-state index in [1.54, 1.807) is 0 Å². The van der Waals surface area contributed by atoms with E-state index in [0.717, 1.165) is 24.6 Å². The molecule has 0 radical (unpaired) electrons. The van der Waals surface area contributed by atoms with Gasteiger partial charge in [0.25, 0.3) is 0 Å². The molecule has 0 saturated heterocycles. The molecule has 17 heavy (non-hydrogen) atoms. The van der Waals surface area contributed by atoms with Crippen LogP contribution >= 0.6 is 0 Å². The van der Waals surface area contributed by atoms with E-state index < -0.39 is 0 Å². The first-order chi connectivity index (χ1) is 8.08. The maximum atomic E-state index is 10.3. The summed E-state index contributed by atoms with van der Waals surface area (Å²) in [7, 11) is 0. The van der Waals surface area contributed by atoms with Gasteiger partial charge in [-0.3, -0.25) is 0 Å². The fourth-order valence-electron chi connectivity index (χ4n) is 2.57. The monoisotopic (exact) mass is 233 g/mol. The lowest BCUT2D eigenvalue weighted by atomic mass is 9.94. The van der Waals surface area contributed by atoms with Crippen molar-refractivity contribution in [3.63, 3.8) is 0 Å². The minimum atomic E-state index is -0.332. The predicted molar refractivity (Wildman–Crippen MR) is 71.3 cm³/mol. The van der Waals surface area contributed by atoms with Gasteiger partial charge in [-0.2, -0.15) is 0 Å². The molecule has 0 aliphatic heterocycles. The Morgan fingerprint density at radius 3 is 2.35 bits per heavy atom. The highest BCUT2D eigenvalue weighted by Gasteiger charge is 2.21. The summed E-state index contributed by atoms with van der Waals surface area (Å²) >= 11 is 0.